The third-order valence-electron chi connectivity index (χ3n) is 3.79. The average Bonchev–Trinajstić information content (AvgIpc) is 2.36. The molecule has 0 spiro atoms. The lowest BCUT2D eigenvalue weighted by molar-refractivity contribution is -0.131. The molecule has 94 valence electrons. The van der Waals surface area contributed by atoms with Gasteiger partial charge in [0.1, 0.15) is 5.41 Å². The van der Waals surface area contributed by atoms with Crippen LogP contribution in [0.1, 0.15) is 37.7 Å². The molecule has 1 amide bonds. The minimum atomic E-state index is -0.740. The number of hydrogen-bond donors (Lipinski definition) is 1. The Hall–Kier alpha value is -1.82. The van der Waals surface area contributed by atoms with Crippen molar-refractivity contribution in [1.29, 1.82) is 5.26 Å². The normalized spacial score (nSPS) is 18.2. The maximum atomic E-state index is 12.0. The summed E-state index contributed by atoms with van der Waals surface area (Å²) in [7, 11) is 0. The van der Waals surface area contributed by atoms with Gasteiger partial charge >= 0.3 is 0 Å². The fraction of sp³-hybridized carbons (Fsp3) is 0.467. The number of nitrogens with one attached hydrogen (secondary N) is 1. The monoisotopic (exact) mass is 242 g/mol. The number of amides is 1. The zero-order chi connectivity index (χ0) is 13.0. The molecule has 0 saturated heterocycles. The predicted octanol–water partition coefficient (Wildman–Crippen LogP) is 2.60. The van der Waals surface area contributed by atoms with Crippen LogP contribution < -0.4 is 5.32 Å². The van der Waals surface area contributed by atoms with Gasteiger partial charge in [-0.05, 0) is 30.7 Å². The molecule has 1 saturated carbocycles. The second-order valence-electron chi connectivity index (χ2n) is 5.07. The van der Waals surface area contributed by atoms with Gasteiger partial charge in [-0.25, -0.2) is 0 Å². The Bertz CT molecular complexity index is 457. The second kappa shape index (κ2) is 5.22. The van der Waals surface area contributed by atoms with Crippen LogP contribution in [0.2, 0.25) is 0 Å². The largest absolute Gasteiger partial charge is 0.354 e. The molecule has 1 fully saturated rings. The van der Waals surface area contributed by atoms with E-state index in [2.05, 4.69) is 30.4 Å². The number of rotatable bonds is 4. The quantitative estimate of drug-likeness (QED) is 0.882. The summed E-state index contributed by atoms with van der Waals surface area (Å²) < 4.78 is 0. The fourth-order valence-electron chi connectivity index (χ4n) is 2.23. The smallest absolute Gasteiger partial charge is 0.240 e. The third kappa shape index (κ3) is 2.38. The minimum Gasteiger partial charge on any atom is -0.354 e. The van der Waals surface area contributed by atoms with E-state index >= 15 is 0 Å². The van der Waals surface area contributed by atoms with E-state index in [-0.39, 0.29) is 11.8 Å². The van der Waals surface area contributed by atoms with Crippen molar-refractivity contribution in [3.8, 4) is 6.07 Å². The Morgan fingerprint density at radius 1 is 1.44 bits per heavy atom. The van der Waals surface area contributed by atoms with Crippen molar-refractivity contribution in [2.24, 2.45) is 5.41 Å². The summed E-state index contributed by atoms with van der Waals surface area (Å²) in [6, 6.07) is 12.3. The van der Waals surface area contributed by atoms with Gasteiger partial charge in [-0.1, -0.05) is 37.3 Å². The van der Waals surface area contributed by atoms with Crippen LogP contribution >= 0.6 is 0 Å². The second-order valence-corrected chi connectivity index (χ2v) is 5.07. The number of nitrogens with zero attached hydrogens (tertiary/aromatic N) is 1. The fourth-order valence-corrected chi connectivity index (χ4v) is 2.23. The van der Waals surface area contributed by atoms with Crippen LogP contribution in [0.4, 0.5) is 0 Å². The molecule has 3 nitrogen and oxygen atoms in total. The minimum absolute atomic E-state index is 0.0981. The first-order chi connectivity index (χ1) is 8.68. The summed E-state index contributed by atoms with van der Waals surface area (Å²) >= 11 is 0. The van der Waals surface area contributed by atoms with Crippen molar-refractivity contribution in [3.63, 3.8) is 0 Å². The zero-order valence-corrected chi connectivity index (χ0v) is 10.6. The van der Waals surface area contributed by atoms with Crippen LogP contribution in [0.5, 0.6) is 0 Å². The van der Waals surface area contributed by atoms with E-state index in [1.165, 1.54) is 5.56 Å². The summed E-state index contributed by atoms with van der Waals surface area (Å²) in [5, 5.41) is 12.0. The highest BCUT2D eigenvalue weighted by atomic mass is 16.2. The maximum Gasteiger partial charge on any atom is 0.240 e. The standard InChI is InChI=1S/C15H18N2O/c1-12(13-6-3-2-4-7-13)10-17-14(18)15(11-16)8-5-9-15/h2-4,6-7,12H,5,8-10H2,1H3,(H,17,18). The van der Waals surface area contributed by atoms with Gasteiger partial charge in [0.15, 0.2) is 0 Å². The lowest BCUT2D eigenvalue weighted by atomic mass is 9.69. The maximum absolute atomic E-state index is 12.0. The summed E-state index contributed by atoms with van der Waals surface area (Å²) in [6.45, 7) is 2.67. The van der Waals surface area contributed by atoms with Gasteiger partial charge < -0.3 is 5.32 Å². The van der Waals surface area contributed by atoms with Crippen LogP contribution in [0.15, 0.2) is 30.3 Å². The number of benzene rings is 1. The molecular formula is C15H18N2O. The molecule has 0 radical (unpaired) electrons. The summed E-state index contributed by atoms with van der Waals surface area (Å²) in [4.78, 5) is 12.0. The molecule has 1 atom stereocenters. The molecule has 0 heterocycles. The molecule has 1 aliphatic carbocycles. The first kappa shape index (κ1) is 12.6. The van der Waals surface area contributed by atoms with Gasteiger partial charge in [0.05, 0.1) is 6.07 Å². The van der Waals surface area contributed by atoms with Gasteiger partial charge in [-0.15, -0.1) is 0 Å². The molecule has 18 heavy (non-hydrogen) atoms. The van der Waals surface area contributed by atoms with Crippen LogP contribution in [0.25, 0.3) is 0 Å². The van der Waals surface area contributed by atoms with Gasteiger partial charge in [-0.3, -0.25) is 4.79 Å². The van der Waals surface area contributed by atoms with E-state index in [4.69, 9.17) is 5.26 Å². The number of hydrogen-bond acceptors (Lipinski definition) is 2. The number of nitriles is 1. The van der Waals surface area contributed by atoms with Gasteiger partial charge in [-0.2, -0.15) is 5.26 Å². The van der Waals surface area contributed by atoms with Crippen molar-refractivity contribution < 1.29 is 4.79 Å². The SMILES string of the molecule is CC(CNC(=O)C1(C#N)CCC1)c1ccccc1. The Labute approximate surface area is 108 Å². The molecule has 1 N–H and O–H groups in total. The highest BCUT2D eigenvalue weighted by Gasteiger charge is 2.44. The molecule has 3 heteroatoms. The molecule has 2 rings (SSSR count). The van der Waals surface area contributed by atoms with Gasteiger partial charge in [0, 0.05) is 6.54 Å². The van der Waals surface area contributed by atoms with E-state index in [9.17, 15) is 4.79 Å². The van der Waals surface area contributed by atoms with E-state index in [1.54, 1.807) is 0 Å². The van der Waals surface area contributed by atoms with Crippen molar-refractivity contribution >= 4 is 5.91 Å². The molecule has 1 aromatic carbocycles. The molecule has 0 bridgehead atoms. The van der Waals surface area contributed by atoms with Gasteiger partial charge in [0.2, 0.25) is 5.91 Å². The Morgan fingerprint density at radius 3 is 2.61 bits per heavy atom. The summed E-state index contributed by atoms with van der Waals surface area (Å²) in [6.07, 6.45) is 2.39. The highest BCUT2D eigenvalue weighted by molar-refractivity contribution is 5.86. The third-order valence-corrected chi connectivity index (χ3v) is 3.79. The molecular weight excluding hydrogens is 224 g/mol. The number of carbonyl (C=O) groups is 1. The summed E-state index contributed by atoms with van der Waals surface area (Å²) in [5.41, 5.74) is 0.466. The van der Waals surface area contributed by atoms with Crippen LogP contribution in [-0.4, -0.2) is 12.5 Å². The zero-order valence-electron chi connectivity index (χ0n) is 10.6. The van der Waals surface area contributed by atoms with E-state index in [1.807, 2.05) is 18.2 Å². The van der Waals surface area contributed by atoms with Gasteiger partial charge in [0.25, 0.3) is 0 Å². The van der Waals surface area contributed by atoms with Crippen molar-refractivity contribution in [1.82, 2.24) is 5.32 Å². The van der Waals surface area contributed by atoms with E-state index < -0.39 is 5.41 Å². The molecule has 1 unspecified atom stereocenters. The van der Waals surface area contributed by atoms with E-state index in [0.717, 1.165) is 6.42 Å². The molecule has 0 aliphatic heterocycles. The Morgan fingerprint density at radius 2 is 2.11 bits per heavy atom. The summed E-state index contributed by atoms with van der Waals surface area (Å²) in [5.74, 6) is 0.171. The Balaban J connectivity index is 1.89. The lowest BCUT2D eigenvalue weighted by Gasteiger charge is -2.33. The van der Waals surface area contributed by atoms with Crippen LogP contribution in [0, 0.1) is 16.7 Å². The van der Waals surface area contributed by atoms with E-state index in [0.29, 0.717) is 19.4 Å². The number of carbonyl (C=O) groups excluding carboxylic acids is 1. The highest BCUT2D eigenvalue weighted by Crippen LogP contribution is 2.40. The predicted molar refractivity (Wildman–Crippen MR) is 69.8 cm³/mol. The average molecular weight is 242 g/mol. The van der Waals surface area contributed by atoms with Crippen molar-refractivity contribution in [2.45, 2.75) is 32.1 Å². The lowest BCUT2D eigenvalue weighted by Crippen LogP contribution is -2.45. The molecule has 0 aromatic heterocycles. The van der Waals surface area contributed by atoms with Crippen LogP contribution in [-0.2, 0) is 4.79 Å². The molecule has 1 aromatic rings. The van der Waals surface area contributed by atoms with Crippen molar-refractivity contribution in [2.75, 3.05) is 6.54 Å². The first-order valence-electron chi connectivity index (χ1n) is 6.42. The van der Waals surface area contributed by atoms with Crippen molar-refractivity contribution in [3.05, 3.63) is 35.9 Å². The topological polar surface area (TPSA) is 52.9 Å². The van der Waals surface area contributed by atoms with Crippen LogP contribution in [0.3, 0.4) is 0 Å². The Kier molecular flexibility index (Phi) is 3.66. The first-order valence-corrected chi connectivity index (χ1v) is 6.42. The molecule has 1 aliphatic rings.